The molecule has 1 atom stereocenters. The number of carbonyl (C=O) groups excluding carboxylic acids is 2. The summed E-state index contributed by atoms with van der Waals surface area (Å²) in [5, 5.41) is 3.94. The zero-order valence-electron chi connectivity index (χ0n) is 23.9. The van der Waals surface area contributed by atoms with Crippen molar-refractivity contribution in [1.82, 2.24) is 10.2 Å². The van der Waals surface area contributed by atoms with E-state index in [9.17, 15) is 18.0 Å². The van der Waals surface area contributed by atoms with Crippen molar-refractivity contribution in [2.45, 2.75) is 75.9 Å². The van der Waals surface area contributed by atoms with E-state index in [-0.39, 0.29) is 29.1 Å². The SMILES string of the molecule is CCC(C(=O)NC1CCCCC1)N(Cc1ccccc1Cl)C(=O)CN(c1cc(Cl)ccc1C)S(=O)(=O)c1ccccc1. The van der Waals surface area contributed by atoms with Crippen molar-refractivity contribution >= 4 is 50.7 Å². The van der Waals surface area contributed by atoms with Crippen LogP contribution in [0.2, 0.25) is 10.0 Å². The van der Waals surface area contributed by atoms with Crippen LogP contribution >= 0.6 is 23.2 Å². The maximum Gasteiger partial charge on any atom is 0.264 e. The van der Waals surface area contributed by atoms with E-state index >= 15 is 0 Å². The van der Waals surface area contributed by atoms with Gasteiger partial charge in [0.15, 0.2) is 0 Å². The molecule has 1 aliphatic carbocycles. The van der Waals surface area contributed by atoms with Crippen LogP contribution in [0.3, 0.4) is 0 Å². The molecule has 0 bridgehead atoms. The molecule has 1 unspecified atom stereocenters. The number of rotatable bonds is 11. The van der Waals surface area contributed by atoms with Gasteiger partial charge in [-0.1, -0.05) is 91.9 Å². The largest absolute Gasteiger partial charge is 0.352 e. The van der Waals surface area contributed by atoms with Gasteiger partial charge < -0.3 is 10.2 Å². The Morgan fingerprint density at radius 3 is 2.29 bits per heavy atom. The van der Waals surface area contributed by atoms with Crippen LogP contribution in [0.4, 0.5) is 5.69 Å². The van der Waals surface area contributed by atoms with Gasteiger partial charge in [0, 0.05) is 22.6 Å². The molecular formula is C32H37Cl2N3O4S. The van der Waals surface area contributed by atoms with Gasteiger partial charge in [-0.05, 0) is 67.6 Å². The summed E-state index contributed by atoms with van der Waals surface area (Å²) in [5.41, 5.74) is 1.58. The molecule has 4 rings (SSSR count). The molecule has 1 saturated carbocycles. The molecule has 1 N–H and O–H groups in total. The molecule has 1 aliphatic rings. The Morgan fingerprint density at radius 2 is 1.62 bits per heavy atom. The van der Waals surface area contributed by atoms with Crippen LogP contribution in [0.5, 0.6) is 0 Å². The van der Waals surface area contributed by atoms with Gasteiger partial charge in [0.1, 0.15) is 12.6 Å². The highest BCUT2D eigenvalue weighted by atomic mass is 35.5. The number of benzene rings is 3. The molecule has 3 aromatic rings. The van der Waals surface area contributed by atoms with Crippen molar-refractivity contribution in [3.63, 3.8) is 0 Å². The van der Waals surface area contributed by atoms with E-state index in [0.29, 0.717) is 27.6 Å². The lowest BCUT2D eigenvalue weighted by atomic mass is 9.95. The van der Waals surface area contributed by atoms with E-state index in [4.69, 9.17) is 23.2 Å². The third-order valence-corrected chi connectivity index (χ3v) is 10.1. The molecule has 0 aliphatic heterocycles. The maximum absolute atomic E-state index is 14.3. The Labute approximate surface area is 258 Å². The highest BCUT2D eigenvalue weighted by molar-refractivity contribution is 7.92. The van der Waals surface area contributed by atoms with Gasteiger partial charge in [-0.15, -0.1) is 0 Å². The first kappa shape index (κ1) is 31.9. The summed E-state index contributed by atoms with van der Waals surface area (Å²) in [7, 11) is -4.18. The smallest absolute Gasteiger partial charge is 0.264 e. The molecule has 224 valence electrons. The van der Waals surface area contributed by atoms with E-state index in [1.54, 1.807) is 55.5 Å². The number of sulfonamides is 1. The summed E-state index contributed by atoms with van der Waals surface area (Å²) >= 11 is 12.8. The van der Waals surface area contributed by atoms with E-state index in [1.807, 2.05) is 13.0 Å². The van der Waals surface area contributed by atoms with Crippen LogP contribution in [0.15, 0.2) is 77.7 Å². The quantitative estimate of drug-likeness (QED) is 0.254. The van der Waals surface area contributed by atoms with Gasteiger partial charge >= 0.3 is 0 Å². The third kappa shape index (κ3) is 7.65. The highest BCUT2D eigenvalue weighted by Crippen LogP contribution is 2.30. The first-order valence-corrected chi connectivity index (χ1v) is 16.5. The number of amides is 2. The molecular weight excluding hydrogens is 593 g/mol. The fourth-order valence-corrected chi connectivity index (χ4v) is 7.21. The number of anilines is 1. The topological polar surface area (TPSA) is 86.8 Å². The van der Waals surface area contributed by atoms with Crippen LogP contribution in [0, 0.1) is 6.92 Å². The van der Waals surface area contributed by atoms with Gasteiger partial charge in [-0.2, -0.15) is 0 Å². The van der Waals surface area contributed by atoms with E-state index in [1.165, 1.54) is 23.1 Å². The third-order valence-electron chi connectivity index (χ3n) is 7.69. The minimum absolute atomic E-state index is 0.0388. The fraction of sp³-hybridized carbons (Fsp3) is 0.375. The molecule has 0 radical (unpaired) electrons. The number of carbonyl (C=O) groups is 2. The van der Waals surface area contributed by atoms with Crippen LogP contribution < -0.4 is 9.62 Å². The zero-order valence-corrected chi connectivity index (χ0v) is 26.3. The minimum Gasteiger partial charge on any atom is -0.352 e. The molecule has 1 fully saturated rings. The highest BCUT2D eigenvalue weighted by Gasteiger charge is 2.35. The minimum atomic E-state index is -4.18. The molecule has 0 spiro atoms. The molecule has 2 amide bonds. The lowest BCUT2D eigenvalue weighted by Crippen LogP contribution is -2.54. The van der Waals surface area contributed by atoms with Gasteiger partial charge in [-0.25, -0.2) is 8.42 Å². The van der Waals surface area contributed by atoms with E-state index < -0.39 is 28.5 Å². The second kappa shape index (κ2) is 14.4. The average molecular weight is 631 g/mol. The zero-order chi connectivity index (χ0) is 30.3. The first-order chi connectivity index (χ1) is 20.1. The van der Waals surface area contributed by atoms with Crippen LogP contribution in [0.25, 0.3) is 0 Å². The molecule has 0 aromatic heterocycles. The van der Waals surface area contributed by atoms with Gasteiger partial charge in [0.05, 0.1) is 10.6 Å². The number of aryl methyl sites for hydroxylation is 1. The predicted octanol–water partition coefficient (Wildman–Crippen LogP) is 6.75. The number of hydrogen-bond donors (Lipinski definition) is 1. The number of halogens is 2. The molecule has 7 nitrogen and oxygen atoms in total. The van der Waals surface area contributed by atoms with Gasteiger partial charge in [-0.3, -0.25) is 13.9 Å². The molecule has 0 saturated heterocycles. The number of nitrogens with zero attached hydrogens (tertiary/aromatic N) is 2. The molecule has 0 heterocycles. The molecule has 42 heavy (non-hydrogen) atoms. The second-order valence-electron chi connectivity index (χ2n) is 10.6. The van der Waals surface area contributed by atoms with Crippen molar-refractivity contribution in [3.05, 3.63) is 94.0 Å². The lowest BCUT2D eigenvalue weighted by Gasteiger charge is -2.35. The number of nitrogens with one attached hydrogen (secondary N) is 1. The van der Waals surface area contributed by atoms with Crippen molar-refractivity contribution in [2.75, 3.05) is 10.8 Å². The van der Waals surface area contributed by atoms with Crippen LogP contribution in [0.1, 0.15) is 56.6 Å². The Bertz CT molecular complexity index is 1490. The summed E-state index contributed by atoms with van der Waals surface area (Å²) < 4.78 is 29.1. The Kier molecular flexibility index (Phi) is 10.9. The Morgan fingerprint density at radius 1 is 0.952 bits per heavy atom. The lowest BCUT2D eigenvalue weighted by molar-refractivity contribution is -0.140. The van der Waals surface area contributed by atoms with Crippen molar-refractivity contribution in [2.24, 2.45) is 0 Å². The monoisotopic (exact) mass is 629 g/mol. The van der Waals surface area contributed by atoms with Crippen LogP contribution in [-0.2, 0) is 26.2 Å². The summed E-state index contributed by atoms with van der Waals surface area (Å²) in [6.45, 7) is 3.12. The van der Waals surface area contributed by atoms with Crippen molar-refractivity contribution in [1.29, 1.82) is 0 Å². The van der Waals surface area contributed by atoms with Gasteiger partial charge in [0.2, 0.25) is 11.8 Å². The summed E-state index contributed by atoms with van der Waals surface area (Å²) in [5.74, 6) is -0.777. The average Bonchev–Trinajstić information content (AvgIpc) is 2.99. The van der Waals surface area contributed by atoms with Crippen LogP contribution in [-0.4, -0.2) is 43.8 Å². The van der Waals surface area contributed by atoms with Gasteiger partial charge in [0.25, 0.3) is 10.0 Å². The Balaban J connectivity index is 1.74. The molecule has 3 aromatic carbocycles. The van der Waals surface area contributed by atoms with Crippen molar-refractivity contribution < 1.29 is 18.0 Å². The summed E-state index contributed by atoms with van der Waals surface area (Å²) in [6.07, 6.45) is 5.39. The Hall–Kier alpha value is -3.07. The van der Waals surface area contributed by atoms with E-state index in [0.717, 1.165) is 36.4 Å². The fourth-order valence-electron chi connectivity index (χ4n) is 5.36. The summed E-state index contributed by atoms with van der Waals surface area (Å²) in [6, 6.07) is 19.2. The van der Waals surface area contributed by atoms with Crippen molar-refractivity contribution in [3.8, 4) is 0 Å². The van der Waals surface area contributed by atoms with E-state index in [2.05, 4.69) is 5.32 Å². The predicted molar refractivity (Wildman–Crippen MR) is 168 cm³/mol. The normalized spacial score (nSPS) is 14.7. The molecule has 10 heteroatoms. The first-order valence-electron chi connectivity index (χ1n) is 14.3. The standard InChI is InChI=1S/C32H37Cl2N3O4S/c1-3-29(32(39)35-26-13-6-4-7-14-26)36(21-24-12-10-11-17-28(24)34)31(38)22-37(30-20-25(33)19-18-23(30)2)42(40,41)27-15-8-5-9-16-27/h5,8-12,15-20,26,29H,3-4,6-7,13-14,21-22H2,1-2H3,(H,35,39). The summed E-state index contributed by atoms with van der Waals surface area (Å²) in [4.78, 5) is 29.4. The maximum atomic E-state index is 14.3. The number of hydrogen-bond acceptors (Lipinski definition) is 4. The second-order valence-corrected chi connectivity index (χ2v) is 13.3.